The molecule has 0 heterocycles. The molecule has 0 spiro atoms. The lowest BCUT2D eigenvalue weighted by molar-refractivity contribution is 0.303. The molecule has 4 heteroatoms. The van der Waals surface area contributed by atoms with E-state index in [9.17, 15) is 8.42 Å². The van der Waals surface area contributed by atoms with Crippen LogP contribution in [-0.4, -0.2) is 32.6 Å². The van der Waals surface area contributed by atoms with Gasteiger partial charge in [-0.3, -0.25) is 0 Å². The van der Waals surface area contributed by atoms with E-state index >= 15 is 0 Å². The topological polar surface area (TPSA) is 37.4 Å². The van der Waals surface area contributed by atoms with Crippen molar-refractivity contribution < 1.29 is 8.42 Å². The normalized spacial score (nSPS) is 15.3. The Morgan fingerprint density at radius 2 is 1.77 bits per heavy atom. The van der Waals surface area contributed by atoms with Crippen LogP contribution in [0, 0.1) is 11.8 Å². The summed E-state index contributed by atoms with van der Waals surface area (Å²) in [5.41, 5.74) is 0. The first-order valence-electron chi connectivity index (χ1n) is 4.70. The van der Waals surface area contributed by atoms with Crippen molar-refractivity contribution in [1.29, 1.82) is 0 Å². The maximum Gasteiger partial charge on any atom is 0.210 e. The van der Waals surface area contributed by atoms with Crippen LogP contribution in [-0.2, 0) is 10.0 Å². The molecule has 0 saturated heterocycles. The Morgan fingerprint density at radius 1 is 1.31 bits per heavy atom. The predicted molar refractivity (Wildman–Crippen MR) is 56.1 cm³/mol. The Bertz CT molecular complexity index is 234. The molecule has 0 rings (SSSR count). The highest BCUT2D eigenvalue weighted by Gasteiger charge is 2.18. The molecule has 0 aromatic rings. The second kappa shape index (κ2) is 4.96. The highest BCUT2D eigenvalue weighted by Crippen LogP contribution is 2.16. The highest BCUT2D eigenvalue weighted by atomic mass is 32.2. The lowest BCUT2D eigenvalue weighted by atomic mass is 9.93. The highest BCUT2D eigenvalue weighted by molar-refractivity contribution is 7.88. The van der Waals surface area contributed by atoms with Gasteiger partial charge in [-0.05, 0) is 11.8 Å². The third-order valence-electron chi connectivity index (χ3n) is 2.52. The second-order valence-electron chi connectivity index (χ2n) is 3.96. The second-order valence-corrected chi connectivity index (χ2v) is 6.05. The fourth-order valence-corrected chi connectivity index (χ4v) is 1.74. The maximum atomic E-state index is 11.1. The van der Waals surface area contributed by atoms with Crippen LogP contribution < -0.4 is 0 Å². The lowest BCUT2D eigenvalue weighted by Gasteiger charge is -2.24. The van der Waals surface area contributed by atoms with E-state index in [0.29, 0.717) is 18.4 Å². The average Bonchev–Trinajstić information content (AvgIpc) is 1.96. The SMILES string of the molecule is CC[C@@H](CN(C)S(C)(=O)=O)C(C)C. The minimum Gasteiger partial charge on any atom is -0.213 e. The van der Waals surface area contributed by atoms with Crippen molar-refractivity contribution in [3.63, 3.8) is 0 Å². The fourth-order valence-electron chi connectivity index (χ4n) is 1.28. The molecule has 3 nitrogen and oxygen atoms in total. The number of rotatable bonds is 5. The van der Waals surface area contributed by atoms with Gasteiger partial charge in [0.15, 0.2) is 0 Å². The van der Waals surface area contributed by atoms with Crippen molar-refractivity contribution in [2.45, 2.75) is 27.2 Å². The van der Waals surface area contributed by atoms with E-state index in [1.54, 1.807) is 7.05 Å². The molecule has 0 aromatic heterocycles. The summed E-state index contributed by atoms with van der Waals surface area (Å²) in [5, 5.41) is 0. The van der Waals surface area contributed by atoms with Gasteiger partial charge in [0.2, 0.25) is 10.0 Å². The predicted octanol–water partition coefficient (Wildman–Crippen LogP) is 1.56. The first kappa shape index (κ1) is 12.9. The molecular weight excluding hydrogens is 186 g/mol. The van der Waals surface area contributed by atoms with Crippen LogP contribution in [0.3, 0.4) is 0 Å². The van der Waals surface area contributed by atoms with E-state index in [4.69, 9.17) is 0 Å². The van der Waals surface area contributed by atoms with Crippen molar-refractivity contribution in [1.82, 2.24) is 4.31 Å². The Labute approximate surface area is 82.2 Å². The zero-order valence-corrected chi connectivity index (χ0v) is 10.1. The first-order valence-corrected chi connectivity index (χ1v) is 6.55. The lowest BCUT2D eigenvalue weighted by Crippen LogP contribution is -2.32. The largest absolute Gasteiger partial charge is 0.213 e. The van der Waals surface area contributed by atoms with Crippen LogP contribution in [0.25, 0.3) is 0 Å². The maximum absolute atomic E-state index is 11.1. The average molecular weight is 207 g/mol. The van der Waals surface area contributed by atoms with Crippen LogP contribution in [0.1, 0.15) is 27.2 Å². The van der Waals surface area contributed by atoms with E-state index < -0.39 is 10.0 Å². The molecule has 0 aromatic carbocycles. The molecule has 0 unspecified atom stereocenters. The number of sulfonamides is 1. The van der Waals surface area contributed by atoms with Crippen LogP contribution >= 0.6 is 0 Å². The van der Waals surface area contributed by atoms with Gasteiger partial charge in [0.05, 0.1) is 6.26 Å². The smallest absolute Gasteiger partial charge is 0.210 e. The third-order valence-corrected chi connectivity index (χ3v) is 3.81. The number of hydrogen-bond acceptors (Lipinski definition) is 2. The van der Waals surface area contributed by atoms with Gasteiger partial charge in [-0.25, -0.2) is 12.7 Å². The molecule has 0 bridgehead atoms. The summed E-state index contributed by atoms with van der Waals surface area (Å²) in [6.45, 7) is 6.99. The summed E-state index contributed by atoms with van der Waals surface area (Å²) in [6, 6.07) is 0. The van der Waals surface area contributed by atoms with Crippen LogP contribution in [0.4, 0.5) is 0 Å². The van der Waals surface area contributed by atoms with Gasteiger partial charge >= 0.3 is 0 Å². The van der Waals surface area contributed by atoms with Gasteiger partial charge in [-0.1, -0.05) is 27.2 Å². The quantitative estimate of drug-likeness (QED) is 0.686. The Kier molecular flexibility index (Phi) is 4.92. The summed E-state index contributed by atoms with van der Waals surface area (Å²) in [5.74, 6) is 0.994. The molecule has 0 aliphatic rings. The van der Waals surface area contributed by atoms with Gasteiger partial charge in [-0.15, -0.1) is 0 Å². The zero-order valence-electron chi connectivity index (χ0n) is 9.24. The van der Waals surface area contributed by atoms with E-state index in [2.05, 4.69) is 20.8 Å². The molecule has 80 valence electrons. The van der Waals surface area contributed by atoms with Crippen molar-refractivity contribution in [2.75, 3.05) is 19.8 Å². The van der Waals surface area contributed by atoms with Crippen molar-refractivity contribution >= 4 is 10.0 Å². The molecular formula is C9H21NO2S. The fraction of sp³-hybridized carbons (Fsp3) is 1.00. The molecule has 0 N–H and O–H groups in total. The molecule has 0 saturated carbocycles. The van der Waals surface area contributed by atoms with Gasteiger partial charge < -0.3 is 0 Å². The molecule has 1 atom stereocenters. The Balaban J connectivity index is 4.26. The molecule has 0 fully saturated rings. The molecule has 0 aliphatic carbocycles. The summed E-state index contributed by atoms with van der Waals surface area (Å²) < 4.78 is 23.7. The van der Waals surface area contributed by atoms with Crippen molar-refractivity contribution in [3.8, 4) is 0 Å². The van der Waals surface area contributed by atoms with Crippen LogP contribution in [0.15, 0.2) is 0 Å². The summed E-state index contributed by atoms with van der Waals surface area (Å²) in [7, 11) is -1.37. The monoisotopic (exact) mass is 207 g/mol. The van der Waals surface area contributed by atoms with Gasteiger partial charge in [0.25, 0.3) is 0 Å². The molecule has 0 aliphatic heterocycles. The summed E-state index contributed by atoms with van der Waals surface area (Å²) in [6.07, 6.45) is 2.28. The van der Waals surface area contributed by atoms with Gasteiger partial charge in [0, 0.05) is 13.6 Å². The van der Waals surface area contributed by atoms with Crippen LogP contribution in [0.2, 0.25) is 0 Å². The van der Waals surface area contributed by atoms with E-state index in [0.717, 1.165) is 6.42 Å². The molecule has 0 radical (unpaired) electrons. The Hall–Kier alpha value is -0.0900. The van der Waals surface area contributed by atoms with Gasteiger partial charge in [-0.2, -0.15) is 0 Å². The minimum atomic E-state index is -3.01. The Morgan fingerprint density at radius 3 is 2.00 bits per heavy atom. The van der Waals surface area contributed by atoms with Crippen LogP contribution in [0.5, 0.6) is 0 Å². The summed E-state index contributed by atoms with van der Waals surface area (Å²) in [4.78, 5) is 0. The van der Waals surface area contributed by atoms with E-state index in [-0.39, 0.29) is 0 Å². The van der Waals surface area contributed by atoms with Crippen molar-refractivity contribution in [2.24, 2.45) is 11.8 Å². The minimum absolute atomic E-state index is 0.458. The molecule has 13 heavy (non-hydrogen) atoms. The van der Waals surface area contributed by atoms with Crippen molar-refractivity contribution in [3.05, 3.63) is 0 Å². The standard InChI is InChI=1S/C9H21NO2S/c1-6-9(8(2)3)7-10(4)13(5,11)12/h8-9H,6-7H2,1-5H3/t9-/m0/s1. The van der Waals surface area contributed by atoms with E-state index in [1.807, 2.05) is 0 Å². The van der Waals surface area contributed by atoms with Gasteiger partial charge in [0.1, 0.15) is 0 Å². The summed E-state index contributed by atoms with van der Waals surface area (Å²) >= 11 is 0. The molecule has 0 amide bonds. The van der Waals surface area contributed by atoms with E-state index in [1.165, 1.54) is 10.6 Å². The number of nitrogens with zero attached hydrogens (tertiary/aromatic N) is 1. The third kappa shape index (κ3) is 4.62. The first-order chi connectivity index (χ1) is 5.79. The zero-order chi connectivity index (χ0) is 10.6. The number of hydrogen-bond donors (Lipinski definition) is 0.